The Kier molecular flexibility index (Phi) is 14.5. The van der Waals surface area contributed by atoms with Crippen molar-refractivity contribution in [3.63, 3.8) is 0 Å². The fourth-order valence-corrected chi connectivity index (χ4v) is 13.3. The number of carbonyl (C=O) groups excluding carboxylic acids is 1. The number of hydrogen-bond donors (Lipinski definition) is 3. The van der Waals surface area contributed by atoms with E-state index in [0.29, 0.717) is 20.5 Å². The van der Waals surface area contributed by atoms with Crippen molar-refractivity contribution in [2.45, 2.75) is 23.6 Å². The number of nitrogens with zero attached hydrogens (tertiary/aromatic N) is 1. The van der Waals surface area contributed by atoms with Gasteiger partial charge in [0.15, 0.2) is 5.17 Å². The third kappa shape index (κ3) is 10.4. The summed E-state index contributed by atoms with van der Waals surface area (Å²) in [6.45, 7) is 3.75. The number of hydrazone groups is 1. The SMILES string of the molecule is Cc1ccc(S(=O)(=O)NN=C(Cl)c2c(Br)sc(Br)c2-c2ccccc2)cc1.Cc1ccc(S(=O)(=O)NNC(=O)c2c(Br)sc(Br)c2-c2ccccc2)cc1. The first-order chi connectivity index (χ1) is 25.6. The summed E-state index contributed by atoms with van der Waals surface area (Å²) in [5, 5.41) is 3.97. The predicted molar refractivity (Wildman–Crippen MR) is 233 cm³/mol. The van der Waals surface area contributed by atoms with E-state index >= 15 is 0 Å². The Balaban J connectivity index is 0.000000208. The average molecular weight is 1080 g/mol. The second kappa shape index (κ2) is 18.5. The minimum Gasteiger partial charge on any atom is -0.273 e. The molecule has 0 aliphatic carbocycles. The highest BCUT2D eigenvalue weighted by molar-refractivity contribution is 9.12. The Bertz CT molecular complexity index is 2530. The lowest BCUT2D eigenvalue weighted by molar-refractivity contribution is 0.0945. The smallest absolute Gasteiger partial charge is 0.273 e. The molecule has 1 amide bonds. The molecule has 0 aliphatic heterocycles. The Morgan fingerprint density at radius 3 is 1.46 bits per heavy atom. The summed E-state index contributed by atoms with van der Waals surface area (Å²) in [5.41, 5.74) is 8.50. The van der Waals surface area contributed by atoms with Gasteiger partial charge in [0.05, 0.1) is 30.5 Å². The van der Waals surface area contributed by atoms with E-state index in [1.54, 1.807) is 24.3 Å². The van der Waals surface area contributed by atoms with Gasteiger partial charge in [0.2, 0.25) is 0 Å². The van der Waals surface area contributed by atoms with E-state index in [-0.39, 0.29) is 15.0 Å². The van der Waals surface area contributed by atoms with E-state index in [1.165, 1.54) is 46.9 Å². The van der Waals surface area contributed by atoms with Crippen LogP contribution in [0.2, 0.25) is 0 Å². The van der Waals surface area contributed by atoms with Crippen LogP contribution in [0.15, 0.2) is 139 Å². The number of rotatable bonds is 10. The Morgan fingerprint density at radius 2 is 1.00 bits per heavy atom. The molecule has 0 bridgehead atoms. The zero-order valence-corrected chi connectivity index (χ0v) is 38.3. The molecule has 6 rings (SSSR count). The minimum atomic E-state index is -3.87. The molecule has 3 N–H and O–H groups in total. The molecule has 0 unspecified atom stereocenters. The van der Waals surface area contributed by atoms with Crippen LogP contribution in [0.25, 0.3) is 22.3 Å². The van der Waals surface area contributed by atoms with Crippen LogP contribution >= 0.6 is 98.0 Å². The molecule has 0 atom stereocenters. The van der Waals surface area contributed by atoms with Crippen molar-refractivity contribution in [1.82, 2.24) is 15.1 Å². The monoisotopic (exact) mass is 1070 g/mol. The summed E-state index contributed by atoms with van der Waals surface area (Å²) in [7, 11) is -7.68. The average Bonchev–Trinajstić information content (AvgIpc) is 3.63. The van der Waals surface area contributed by atoms with Crippen LogP contribution in [0, 0.1) is 13.8 Å². The van der Waals surface area contributed by atoms with Crippen LogP contribution in [0.4, 0.5) is 0 Å². The molecular formula is C36H27Br4ClN4O5S4. The number of nitrogens with one attached hydrogen (secondary N) is 3. The summed E-state index contributed by atoms with van der Waals surface area (Å²) >= 11 is 23.1. The maximum atomic E-state index is 12.7. The largest absolute Gasteiger partial charge is 0.276 e. The van der Waals surface area contributed by atoms with Gasteiger partial charge in [-0.05, 0) is 113 Å². The number of sulfonamides is 2. The zero-order valence-electron chi connectivity index (χ0n) is 27.9. The fraction of sp³-hybridized carbons (Fsp3) is 0.0556. The quantitative estimate of drug-likeness (QED) is 0.0928. The highest BCUT2D eigenvalue weighted by atomic mass is 79.9. The van der Waals surface area contributed by atoms with E-state index < -0.39 is 26.0 Å². The Labute approximate surface area is 359 Å². The van der Waals surface area contributed by atoms with E-state index in [1.807, 2.05) is 74.5 Å². The molecule has 0 aliphatic rings. The van der Waals surface area contributed by atoms with Crippen molar-refractivity contribution in [2.24, 2.45) is 5.10 Å². The molecule has 0 saturated heterocycles. The minimum absolute atomic E-state index is 0.0402. The number of carbonyl (C=O) groups is 1. The van der Waals surface area contributed by atoms with Crippen molar-refractivity contribution < 1.29 is 21.6 Å². The number of aryl methyl sites for hydroxylation is 2. The van der Waals surface area contributed by atoms with Crippen molar-refractivity contribution in [1.29, 1.82) is 0 Å². The molecule has 0 spiro atoms. The lowest BCUT2D eigenvalue weighted by Gasteiger charge is -2.10. The first-order valence-electron chi connectivity index (χ1n) is 15.4. The summed E-state index contributed by atoms with van der Waals surface area (Å²) in [6.07, 6.45) is 0. The highest BCUT2D eigenvalue weighted by Crippen LogP contribution is 2.45. The Hall–Kier alpha value is -2.71. The summed E-state index contributed by atoms with van der Waals surface area (Å²) in [5.74, 6) is -0.557. The number of thiophene rings is 2. The maximum absolute atomic E-state index is 12.7. The second-order valence-electron chi connectivity index (χ2n) is 11.2. The van der Waals surface area contributed by atoms with Gasteiger partial charge in [-0.2, -0.15) is 18.4 Å². The van der Waals surface area contributed by atoms with Gasteiger partial charge in [0.1, 0.15) is 0 Å². The number of amides is 1. The van der Waals surface area contributed by atoms with Crippen LogP contribution in [-0.2, 0) is 20.0 Å². The molecule has 280 valence electrons. The standard InChI is InChI=1S/C18H13Br2ClN2O2S2.C18H14Br2N2O3S2/c1-11-7-9-13(10-8-11)27(24,25)23-22-18(21)15-14(16(19)26-17(15)20)12-5-3-2-4-6-12;1-11-7-9-13(10-8-11)27(24,25)22-21-18(23)15-14(16(19)26-17(15)20)12-5-3-2-4-6-12/h2-10,23H,1H3;2-10,22H,1H3,(H,21,23). The van der Waals surface area contributed by atoms with E-state index in [9.17, 15) is 21.6 Å². The third-order valence-electron chi connectivity index (χ3n) is 7.43. The first kappa shape index (κ1) is 42.4. The molecule has 54 heavy (non-hydrogen) atoms. The van der Waals surface area contributed by atoms with Gasteiger partial charge in [0.25, 0.3) is 26.0 Å². The van der Waals surface area contributed by atoms with Gasteiger partial charge in [-0.15, -0.1) is 27.5 Å². The molecule has 2 aromatic heterocycles. The molecule has 0 radical (unpaired) electrons. The molecule has 0 saturated carbocycles. The summed E-state index contributed by atoms with van der Waals surface area (Å²) in [4.78, 5) is 17.3. The van der Waals surface area contributed by atoms with Gasteiger partial charge in [0, 0.05) is 16.7 Å². The van der Waals surface area contributed by atoms with Crippen molar-refractivity contribution in [3.05, 3.63) is 147 Å². The van der Waals surface area contributed by atoms with Crippen LogP contribution in [0.5, 0.6) is 0 Å². The molecule has 6 aromatic rings. The number of benzene rings is 4. The van der Waals surface area contributed by atoms with Crippen LogP contribution in [0.1, 0.15) is 27.0 Å². The van der Waals surface area contributed by atoms with Crippen molar-refractivity contribution in [3.8, 4) is 22.3 Å². The van der Waals surface area contributed by atoms with Crippen molar-refractivity contribution in [2.75, 3.05) is 0 Å². The van der Waals surface area contributed by atoms with Crippen LogP contribution < -0.4 is 15.1 Å². The normalized spacial score (nSPS) is 11.8. The molecule has 18 heteroatoms. The van der Waals surface area contributed by atoms with Gasteiger partial charge in [-0.3, -0.25) is 10.2 Å². The lowest BCUT2D eigenvalue weighted by atomic mass is 10.0. The number of hydrazine groups is 1. The molecule has 4 aromatic carbocycles. The van der Waals surface area contributed by atoms with Crippen LogP contribution in [0.3, 0.4) is 0 Å². The topological polar surface area (TPSA) is 134 Å². The second-order valence-corrected chi connectivity index (χ2v) is 22.2. The number of hydrogen-bond acceptors (Lipinski definition) is 8. The molecule has 2 heterocycles. The summed E-state index contributed by atoms with van der Waals surface area (Å²) in [6, 6.07) is 31.9. The predicted octanol–water partition coefficient (Wildman–Crippen LogP) is 11.0. The third-order valence-corrected chi connectivity index (χ3v) is 15.3. The number of halogens is 5. The van der Waals surface area contributed by atoms with Gasteiger partial charge < -0.3 is 0 Å². The molecule has 9 nitrogen and oxygen atoms in total. The lowest BCUT2D eigenvalue weighted by Crippen LogP contribution is -2.41. The van der Waals surface area contributed by atoms with Gasteiger partial charge in [-0.1, -0.05) is 108 Å². The van der Waals surface area contributed by atoms with E-state index in [0.717, 1.165) is 39.2 Å². The van der Waals surface area contributed by atoms with Gasteiger partial charge in [-0.25, -0.2) is 8.42 Å². The molecular weight excluding hydrogens is 1050 g/mol. The van der Waals surface area contributed by atoms with E-state index in [4.69, 9.17) is 11.6 Å². The molecule has 0 fully saturated rings. The van der Waals surface area contributed by atoms with E-state index in [2.05, 4.69) is 83.9 Å². The summed E-state index contributed by atoms with van der Waals surface area (Å²) < 4.78 is 52.6. The maximum Gasteiger partial charge on any atom is 0.276 e. The van der Waals surface area contributed by atoms with Gasteiger partial charge >= 0.3 is 0 Å². The zero-order chi connectivity index (χ0) is 39.2. The van der Waals surface area contributed by atoms with Crippen LogP contribution in [-0.4, -0.2) is 27.9 Å². The fourth-order valence-electron chi connectivity index (χ4n) is 4.75. The first-order valence-corrected chi connectivity index (χ1v) is 23.5. The highest BCUT2D eigenvalue weighted by Gasteiger charge is 2.25. The van der Waals surface area contributed by atoms with Crippen molar-refractivity contribution >= 4 is 129 Å². The Morgan fingerprint density at radius 1 is 0.593 bits per heavy atom.